The largest absolute Gasteiger partial charge is 0.501 e. The van der Waals surface area contributed by atoms with E-state index < -0.39 is 36.6 Å². The van der Waals surface area contributed by atoms with E-state index in [4.69, 9.17) is 0 Å². The van der Waals surface area contributed by atoms with Crippen LogP contribution < -0.4 is 5.32 Å². The van der Waals surface area contributed by atoms with Gasteiger partial charge in [-0.3, -0.25) is 19.9 Å². The van der Waals surface area contributed by atoms with E-state index in [0.717, 1.165) is 12.3 Å². The van der Waals surface area contributed by atoms with E-state index in [1.807, 2.05) is 0 Å². The molecule has 0 aliphatic carbocycles. The maximum absolute atomic E-state index is 12.6. The van der Waals surface area contributed by atoms with Crippen LogP contribution in [0.2, 0.25) is 0 Å². The highest BCUT2D eigenvalue weighted by Gasteiger charge is 2.47. The molecule has 0 unspecified atom stereocenters. The van der Waals surface area contributed by atoms with E-state index in [0.29, 0.717) is 17.8 Å². The summed E-state index contributed by atoms with van der Waals surface area (Å²) in [4.78, 5) is 24.5. The number of aromatic nitrogens is 1. The van der Waals surface area contributed by atoms with Gasteiger partial charge in [-0.25, -0.2) is 8.42 Å². The fourth-order valence-electron chi connectivity index (χ4n) is 1.91. The second-order valence-corrected chi connectivity index (χ2v) is 7.01. The van der Waals surface area contributed by atoms with E-state index in [2.05, 4.69) is 10.3 Å². The van der Waals surface area contributed by atoms with Crippen LogP contribution in [-0.4, -0.2) is 29.7 Å². The summed E-state index contributed by atoms with van der Waals surface area (Å²) in [5.74, 6) is -0.977. The molecule has 0 aliphatic rings. The molecule has 0 spiro atoms. The predicted octanol–water partition coefficient (Wildman–Crippen LogP) is 2.84. The Kier molecular flexibility index (Phi) is 4.98. The quantitative estimate of drug-likeness (QED) is 0.634. The van der Waals surface area contributed by atoms with Crippen LogP contribution in [0.15, 0.2) is 41.6 Å². The minimum absolute atomic E-state index is 0.0105. The van der Waals surface area contributed by atoms with Crippen molar-refractivity contribution >= 4 is 27.1 Å². The highest BCUT2D eigenvalue weighted by Crippen LogP contribution is 2.30. The molecule has 1 heterocycles. The molecule has 1 amide bonds. The third kappa shape index (κ3) is 3.79. The number of nitro benzene ring substituents is 1. The van der Waals surface area contributed by atoms with Crippen molar-refractivity contribution < 1.29 is 31.3 Å². The topological polar surface area (TPSA) is 119 Å². The van der Waals surface area contributed by atoms with Crippen molar-refractivity contribution in [2.24, 2.45) is 0 Å². The number of nitrogens with one attached hydrogen (secondary N) is 1. The summed E-state index contributed by atoms with van der Waals surface area (Å²) in [5, 5.41) is 13.1. The lowest BCUT2D eigenvalue weighted by atomic mass is 10.2. The predicted molar refractivity (Wildman–Crippen MR) is 83.3 cm³/mol. The Balaban J connectivity index is 2.34. The molecule has 26 heavy (non-hydrogen) atoms. The van der Waals surface area contributed by atoms with Gasteiger partial charge in [-0.15, -0.1) is 0 Å². The van der Waals surface area contributed by atoms with Crippen molar-refractivity contribution in [3.05, 3.63) is 57.9 Å². The molecule has 0 saturated heterocycles. The first-order chi connectivity index (χ1) is 11.9. The minimum atomic E-state index is -5.66. The monoisotopic (exact) mass is 389 g/mol. The van der Waals surface area contributed by atoms with Crippen LogP contribution in [-0.2, 0) is 9.84 Å². The Morgan fingerprint density at radius 3 is 2.46 bits per heavy atom. The number of nitro groups is 1. The Morgan fingerprint density at radius 2 is 1.88 bits per heavy atom. The number of sulfone groups is 1. The molecule has 0 bridgehead atoms. The maximum atomic E-state index is 12.6. The molecule has 0 radical (unpaired) electrons. The second kappa shape index (κ2) is 6.71. The summed E-state index contributed by atoms with van der Waals surface area (Å²) in [6, 6.07) is 4.31. The van der Waals surface area contributed by atoms with Crippen LogP contribution in [0, 0.1) is 17.0 Å². The Morgan fingerprint density at radius 1 is 1.23 bits per heavy atom. The van der Waals surface area contributed by atoms with Crippen LogP contribution >= 0.6 is 0 Å². The van der Waals surface area contributed by atoms with Crippen molar-refractivity contribution in [3.8, 4) is 0 Å². The molecule has 0 fully saturated rings. The average molecular weight is 389 g/mol. The number of nitrogens with zero attached hydrogens (tertiary/aromatic N) is 2. The molecule has 8 nitrogen and oxygen atoms in total. The number of rotatable bonds is 4. The second-order valence-electron chi connectivity index (χ2n) is 5.07. The number of alkyl halides is 3. The number of amides is 1. The van der Waals surface area contributed by atoms with Gasteiger partial charge in [0, 0.05) is 29.7 Å². The molecule has 1 N–H and O–H groups in total. The molecule has 0 aliphatic heterocycles. The molecule has 138 valence electrons. The number of pyridine rings is 1. The third-order valence-electron chi connectivity index (χ3n) is 3.25. The highest BCUT2D eigenvalue weighted by molar-refractivity contribution is 7.92. The number of benzene rings is 1. The van der Waals surface area contributed by atoms with Gasteiger partial charge in [0.15, 0.2) is 0 Å². The Hall–Kier alpha value is -3.02. The summed E-state index contributed by atoms with van der Waals surface area (Å²) in [5.41, 5.74) is -5.92. The smallest absolute Gasteiger partial charge is 0.322 e. The molecule has 1 aromatic heterocycles. The SMILES string of the molecule is Cc1ccc(NC(=O)c2cncc(S(=O)(=O)C(F)(F)F)c2)cc1[N+](=O)[O-]. The van der Waals surface area contributed by atoms with Gasteiger partial charge in [-0.1, -0.05) is 6.07 Å². The maximum Gasteiger partial charge on any atom is 0.501 e. The number of anilines is 1. The summed E-state index contributed by atoms with van der Waals surface area (Å²) >= 11 is 0. The summed E-state index contributed by atoms with van der Waals surface area (Å²) in [6.07, 6.45) is 1.34. The first-order valence-corrected chi connectivity index (χ1v) is 8.24. The van der Waals surface area contributed by atoms with E-state index in [1.165, 1.54) is 19.1 Å². The van der Waals surface area contributed by atoms with Crippen LogP contribution in [0.3, 0.4) is 0 Å². The summed E-state index contributed by atoms with van der Waals surface area (Å²) in [7, 11) is -5.66. The number of hydrogen-bond acceptors (Lipinski definition) is 6. The van der Waals surface area contributed by atoms with E-state index in [1.54, 1.807) is 0 Å². The number of halogens is 3. The molecule has 12 heteroatoms. The molecule has 2 aromatic rings. The van der Waals surface area contributed by atoms with Gasteiger partial charge < -0.3 is 5.32 Å². The summed E-state index contributed by atoms with van der Waals surface area (Å²) in [6.45, 7) is 1.49. The number of aryl methyl sites for hydroxylation is 1. The first kappa shape index (κ1) is 19.3. The Bertz CT molecular complexity index is 990. The normalized spacial score (nSPS) is 11.8. The van der Waals surface area contributed by atoms with Crippen LogP contribution in [0.4, 0.5) is 24.5 Å². The molecular weight excluding hydrogens is 379 g/mol. The lowest BCUT2D eigenvalue weighted by molar-refractivity contribution is -0.385. The molecule has 0 saturated carbocycles. The third-order valence-corrected chi connectivity index (χ3v) is 4.71. The van der Waals surface area contributed by atoms with E-state index >= 15 is 0 Å². The van der Waals surface area contributed by atoms with Gasteiger partial charge in [-0.05, 0) is 19.1 Å². The number of hydrogen-bond donors (Lipinski definition) is 1. The van der Waals surface area contributed by atoms with Crippen LogP contribution in [0.25, 0.3) is 0 Å². The molecule has 0 atom stereocenters. The first-order valence-electron chi connectivity index (χ1n) is 6.76. The van der Waals surface area contributed by atoms with Gasteiger partial charge in [-0.2, -0.15) is 13.2 Å². The van der Waals surface area contributed by atoms with Crippen molar-refractivity contribution in [1.82, 2.24) is 4.98 Å². The zero-order valence-electron chi connectivity index (χ0n) is 12.9. The van der Waals surface area contributed by atoms with Crippen molar-refractivity contribution in [2.45, 2.75) is 17.3 Å². The lowest BCUT2D eigenvalue weighted by Gasteiger charge is -2.09. The highest BCUT2D eigenvalue weighted by atomic mass is 32.2. The van der Waals surface area contributed by atoms with Crippen molar-refractivity contribution in [1.29, 1.82) is 0 Å². The van der Waals surface area contributed by atoms with Gasteiger partial charge in [0.05, 0.1) is 15.4 Å². The molecule has 2 rings (SSSR count). The van der Waals surface area contributed by atoms with Gasteiger partial charge in [0.2, 0.25) is 0 Å². The lowest BCUT2D eigenvalue weighted by Crippen LogP contribution is -2.24. The van der Waals surface area contributed by atoms with E-state index in [-0.39, 0.29) is 11.4 Å². The van der Waals surface area contributed by atoms with Crippen LogP contribution in [0.1, 0.15) is 15.9 Å². The Labute approximate surface area is 144 Å². The zero-order valence-corrected chi connectivity index (χ0v) is 13.8. The minimum Gasteiger partial charge on any atom is -0.322 e. The molecular formula is C14H10F3N3O5S. The average Bonchev–Trinajstić information content (AvgIpc) is 2.55. The van der Waals surface area contributed by atoms with Crippen molar-refractivity contribution in [2.75, 3.05) is 5.32 Å². The summed E-state index contributed by atoms with van der Waals surface area (Å²) < 4.78 is 60.5. The zero-order chi connectivity index (χ0) is 19.7. The fourth-order valence-corrected chi connectivity index (χ4v) is 2.66. The van der Waals surface area contributed by atoms with Gasteiger partial charge in [0.1, 0.15) is 0 Å². The van der Waals surface area contributed by atoms with Crippen molar-refractivity contribution in [3.63, 3.8) is 0 Å². The number of carbonyl (C=O) groups excluding carboxylic acids is 1. The van der Waals surface area contributed by atoms with Crippen LogP contribution in [0.5, 0.6) is 0 Å². The van der Waals surface area contributed by atoms with E-state index in [9.17, 15) is 36.5 Å². The van der Waals surface area contributed by atoms with Gasteiger partial charge >= 0.3 is 5.51 Å². The number of carbonyl (C=O) groups is 1. The van der Waals surface area contributed by atoms with Gasteiger partial charge in [0.25, 0.3) is 21.4 Å². The fraction of sp³-hybridized carbons (Fsp3) is 0.143. The standard InChI is InChI=1S/C14H10F3N3O5S/c1-8-2-3-10(5-12(8)20(22)23)19-13(21)9-4-11(7-18-6-9)26(24,25)14(15,16)17/h2-7H,1H3,(H,19,21). The molecule has 1 aromatic carbocycles.